The number of nitrogens with zero attached hydrogens (tertiary/aromatic N) is 4. The number of hydrogen-bond donors (Lipinski definition) is 1. The second kappa shape index (κ2) is 6.08. The molecule has 0 spiro atoms. The first-order valence-corrected chi connectivity index (χ1v) is 8.19. The molecule has 0 amide bonds. The van der Waals surface area contributed by atoms with Gasteiger partial charge in [-0.25, -0.2) is 4.98 Å². The number of benzene rings is 2. The number of H-pyrrole nitrogens is 1. The quantitative estimate of drug-likeness (QED) is 0.425. The maximum atomic E-state index is 11.5. The highest BCUT2D eigenvalue weighted by atomic mass is 32.2. The van der Waals surface area contributed by atoms with Gasteiger partial charge in [-0.15, -0.1) is 0 Å². The van der Waals surface area contributed by atoms with E-state index in [4.69, 9.17) is 0 Å². The van der Waals surface area contributed by atoms with Crippen molar-refractivity contribution in [3.8, 4) is 0 Å². The second-order valence-electron chi connectivity index (χ2n) is 5.32. The number of aromatic nitrogens is 3. The van der Waals surface area contributed by atoms with Crippen molar-refractivity contribution in [2.24, 2.45) is 0 Å². The van der Waals surface area contributed by atoms with Crippen LogP contribution in [0.15, 0.2) is 58.7 Å². The summed E-state index contributed by atoms with van der Waals surface area (Å²) in [5.41, 5.74) is 0.967. The standard InChI is InChI=1S/C16H9N5O4S/c22-20(23)12-8-13(21(24)25)15(14-9(12)4-3-7-17-14)26-16-18-10-5-1-2-6-11(10)19-16/h1-8H,(H,18,19). The molecule has 0 atom stereocenters. The van der Waals surface area contributed by atoms with E-state index in [2.05, 4.69) is 15.0 Å². The van der Waals surface area contributed by atoms with Crippen molar-refractivity contribution in [3.63, 3.8) is 0 Å². The molecule has 0 aliphatic rings. The van der Waals surface area contributed by atoms with Gasteiger partial charge in [0.1, 0.15) is 4.90 Å². The van der Waals surface area contributed by atoms with E-state index in [0.29, 0.717) is 5.16 Å². The van der Waals surface area contributed by atoms with Gasteiger partial charge < -0.3 is 4.98 Å². The predicted molar refractivity (Wildman–Crippen MR) is 95.3 cm³/mol. The summed E-state index contributed by atoms with van der Waals surface area (Å²) < 4.78 is 0. The van der Waals surface area contributed by atoms with Gasteiger partial charge in [-0.05, 0) is 36.0 Å². The van der Waals surface area contributed by atoms with Gasteiger partial charge in [-0.1, -0.05) is 12.1 Å². The number of nitrogens with one attached hydrogen (secondary N) is 1. The minimum Gasteiger partial charge on any atom is -0.333 e. The van der Waals surface area contributed by atoms with Crippen LogP contribution >= 0.6 is 11.8 Å². The number of rotatable bonds is 4. The molecule has 1 N–H and O–H groups in total. The van der Waals surface area contributed by atoms with Crippen molar-refractivity contribution in [2.45, 2.75) is 10.1 Å². The third-order valence-corrected chi connectivity index (χ3v) is 4.76. The highest BCUT2D eigenvalue weighted by molar-refractivity contribution is 7.99. The zero-order valence-electron chi connectivity index (χ0n) is 12.9. The summed E-state index contributed by atoms with van der Waals surface area (Å²) in [5.74, 6) is 0. The van der Waals surface area contributed by atoms with Crippen LogP contribution in [0.5, 0.6) is 0 Å². The molecule has 0 aliphatic heterocycles. The fourth-order valence-corrected chi connectivity index (χ4v) is 3.64. The Labute approximate surface area is 149 Å². The Hall–Kier alpha value is -3.53. The zero-order valence-corrected chi connectivity index (χ0v) is 13.8. The Balaban J connectivity index is 1.95. The molecule has 2 aromatic carbocycles. The van der Waals surface area contributed by atoms with Crippen molar-refractivity contribution in [2.75, 3.05) is 0 Å². The monoisotopic (exact) mass is 367 g/mol. The van der Waals surface area contributed by atoms with Crippen LogP contribution in [0.1, 0.15) is 0 Å². The predicted octanol–water partition coefficient (Wildman–Crippen LogP) is 4.08. The van der Waals surface area contributed by atoms with Gasteiger partial charge >= 0.3 is 0 Å². The smallest absolute Gasteiger partial charge is 0.292 e. The van der Waals surface area contributed by atoms with Crippen molar-refractivity contribution >= 4 is 45.1 Å². The van der Waals surface area contributed by atoms with Crippen LogP contribution in [0.2, 0.25) is 0 Å². The Morgan fingerprint density at radius 1 is 1.00 bits per heavy atom. The maximum Gasteiger partial charge on any atom is 0.292 e. The molecule has 0 aliphatic carbocycles. The number of fused-ring (bicyclic) bond motifs is 2. The first-order chi connectivity index (χ1) is 12.5. The van der Waals surface area contributed by atoms with E-state index in [0.717, 1.165) is 28.9 Å². The summed E-state index contributed by atoms with van der Waals surface area (Å²) >= 11 is 1.02. The van der Waals surface area contributed by atoms with E-state index in [1.807, 2.05) is 24.3 Å². The number of pyridine rings is 1. The molecule has 2 aromatic heterocycles. The molecule has 2 heterocycles. The number of nitro groups is 2. The summed E-state index contributed by atoms with van der Waals surface area (Å²) in [5, 5.41) is 23.5. The molecule has 0 saturated heterocycles. The van der Waals surface area contributed by atoms with E-state index in [1.54, 1.807) is 6.07 Å². The topological polar surface area (TPSA) is 128 Å². The van der Waals surface area contributed by atoms with E-state index in [-0.39, 0.29) is 27.2 Å². The molecule has 4 rings (SSSR count). The molecule has 0 bridgehead atoms. The first-order valence-electron chi connectivity index (χ1n) is 7.37. The third kappa shape index (κ3) is 2.62. The van der Waals surface area contributed by atoms with Crippen LogP contribution in [0.3, 0.4) is 0 Å². The van der Waals surface area contributed by atoms with Gasteiger partial charge in [0, 0.05) is 6.20 Å². The largest absolute Gasteiger partial charge is 0.333 e. The molecule has 10 heteroatoms. The van der Waals surface area contributed by atoms with Gasteiger partial charge in [0.15, 0.2) is 5.16 Å². The average Bonchev–Trinajstić information content (AvgIpc) is 3.03. The number of imidazole rings is 1. The molecule has 0 unspecified atom stereocenters. The van der Waals surface area contributed by atoms with Gasteiger partial charge in [-0.2, -0.15) is 0 Å². The van der Waals surface area contributed by atoms with Crippen LogP contribution in [-0.4, -0.2) is 24.8 Å². The van der Waals surface area contributed by atoms with Crippen molar-refractivity contribution < 1.29 is 9.85 Å². The molecule has 0 radical (unpaired) electrons. The van der Waals surface area contributed by atoms with E-state index in [1.165, 1.54) is 12.3 Å². The minimum atomic E-state index is -0.647. The number of aromatic amines is 1. The van der Waals surface area contributed by atoms with Crippen LogP contribution in [0.4, 0.5) is 11.4 Å². The number of non-ortho nitro benzene ring substituents is 1. The fraction of sp³-hybridized carbons (Fsp3) is 0. The van der Waals surface area contributed by atoms with Crippen molar-refractivity contribution in [1.29, 1.82) is 0 Å². The summed E-state index contributed by atoms with van der Waals surface area (Å²) in [6, 6.07) is 11.4. The molecule has 4 aromatic rings. The second-order valence-corrected chi connectivity index (χ2v) is 6.32. The first kappa shape index (κ1) is 16.0. The Bertz CT molecular complexity index is 1160. The molecule has 128 valence electrons. The summed E-state index contributed by atoms with van der Waals surface area (Å²) in [6.45, 7) is 0. The fourth-order valence-electron chi connectivity index (χ4n) is 2.65. The number of para-hydroxylation sites is 2. The maximum absolute atomic E-state index is 11.5. The molecular formula is C16H9N5O4S. The summed E-state index contributed by atoms with van der Waals surface area (Å²) in [7, 11) is 0. The van der Waals surface area contributed by atoms with E-state index >= 15 is 0 Å². The van der Waals surface area contributed by atoms with E-state index < -0.39 is 9.85 Å². The van der Waals surface area contributed by atoms with Gasteiger partial charge in [0.05, 0.1) is 37.8 Å². The van der Waals surface area contributed by atoms with Gasteiger partial charge in [-0.3, -0.25) is 25.2 Å². The lowest BCUT2D eigenvalue weighted by Crippen LogP contribution is -1.98. The normalized spacial score (nSPS) is 11.1. The highest BCUT2D eigenvalue weighted by Gasteiger charge is 2.27. The SMILES string of the molecule is O=[N+]([O-])c1cc([N+](=O)[O-])c2cccnc2c1Sc1nc2ccccc2[nH]1. The summed E-state index contributed by atoms with van der Waals surface area (Å²) in [4.78, 5) is 33.4. The number of hydrogen-bond acceptors (Lipinski definition) is 7. The van der Waals surface area contributed by atoms with Crippen LogP contribution in [0, 0.1) is 20.2 Å². The Morgan fingerprint density at radius 2 is 1.77 bits per heavy atom. The lowest BCUT2D eigenvalue weighted by molar-refractivity contribution is -0.394. The molecule has 0 fully saturated rings. The van der Waals surface area contributed by atoms with Crippen LogP contribution in [-0.2, 0) is 0 Å². The molecule has 26 heavy (non-hydrogen) atoms. The van der Waals surface area contributed by atoms with Gasteiger partial charge in [0.25, 0.3) is 11.4 Å². The highest BCUT2D eigenvalue weighted by Crippen LogP contribution is 2.42. The molecule has 0 saturated carbocycles. The zero-order chi connectivity index (χ0) is 18.3. The Morgan fingerprint density at radius 3 is 2.50 bits per heavy atom. The lowest BCUT2D eigenvalue weighted by Gasteiger charge is -2.06. The number of nitro benzene ring substituents is 2. The van der Waals surface area contributed by atoms with E-state index in [9.17, 15) is 20.2 Å². The summed E-state index contributed by atoms with van der Waals surface area (Å²) in [6.07, 6.45) is 1.44. The molecular weight excluding hydrogens is 358 g/mol. The van der Waals surface area contributed by atoms with Crippen molar-refractivity contribution in [1.82, 2.24) is 15.0 Å². The molecule has 9 nitrogen and oxygen atoms in total. The van der Waals surface area contributed by atoms with Crippen LogP contribution < -0.4 is 0 Å². The van der Waals surface area contributed by atoms with Gasteiger partial charge in [0.2, 0.25) is 0 Å². The lowest BCUT2D eigenvalue weighted by atomic mass is 10.1. The third-order valence-electron chi connectivity index (χ3n) is 3.76. The average molecular weight is 367 g/mol. The minimum absolute atomic E-state index is 0.193. The van der Waals surface area contributed by atoms with Crippen molar-refractivity contribution in [3.05, 3.63) is 68.9 Å². The Kier molecular flexibility index (Phi) is 3.73. The van der Waals surface area contributed by atoms with Crippen LogP contribution in [0.25, 0.3) is 21.9 Å².